The molecule has 110 valence electrons. The highest BCUT2D eigenvalue weighted by atomic mass is 32.2. The molecule has 0 aliphatic carbocycles. The first-order chi connectivity index (χ1) is 10.3. The van der Waals surface area contributed by atoms with Crippen LogP contribution in [0, 0.1) is 0 Å². The van der Waals surface area contributed by atoms with Crippen LogP contribution in [0.15, 0.2) is 58.3 Å². The summed E-state index contributed by atoms with van der Waals surface area (Å²) in [7, 11) is 2.00. The highest BCUT2D eigenvalue weighted by Crippen LogP contribution is 2.41. The summed E-state index contributed by atoms with van der Waals surface area (Å²) >= 11 is 3.97. The summed E-state index contributed by atoms with van der Waals surface area (Å²) in [5, 5.41) is 3.28. The summed E-state index contributed by atoms with van der Waals surface area (Å²) in [6.45, 7) is 2.19. The Labute approximate surface area is 135 Å². The lowest BCUT2D eigenvalue weighted by molar-refractivity contribution is 0.652. The molecule has 1 aliphatic rings. The second-order valence-corrected chi connectivity index (χ2v) is 7.59. The molecular weight excluding hydrogens is 294 g/mol. The molecule has 3 rings (SSSR count). The van der Waals surface area contributed by atoms with Crippen molar-refractivity contribution in [2.24, 2.45) is 0 Å². The van der Waals surface area contributed by atoms with Gasteiger partial charge in [0.15, 0.2) is 0 Å². The van der Waals surface area contributed by atoms with Crippen LogP contribution >= 0.6 is 23.5 Å². The number of hydrogen-bond donors (Lipinski definition) is 1. The average Bonchev–Trinajstić information content (AvgIpc) is 2.96. The van der Waals surface area contributed by atoms with Gasteiger partial charge in [0.2, 0.25) is 0 Å². The third kappa shape index (κ3) is 3.47. The van der Waals surface area contributed by atoms with E-state index in [-0.39, 0.29) is 0 Å². The van der Waals surface area contributed by atoms with Crippen molar-refractivity contribution in [2.45, 2.75) is 28.7 Å². The molecule has 0 amide bonds. The maximum atomic E-state index is 3.28. The fourth-order valence-corrected chi connectivity index (χ4v) is 5.01. The Morgan fingerprint density at radius 2 is 1.95 bits per heavy atom. The van der Waals surface area contributed by atoms with Gasteiger partial charge in [-0.15, -0.1) is 23.5 Å². The van der Waals surface area contributed by atoms with Crippen LogP contribution in [0.3, 0.4) is 0 Å². The third-order valence-electron chi connectivity index (χ3n) is 4.06. The lowest BCUT2D eigenvalue weighted by Gasteiger charge is -2.12. The summed E-state index contributed by atoms with van der Waals surface area (Å²) in [6, 6.07) is 18.2. The van der Waals surface area contributed by atoms with Gasteiger partial charge in [-0.3, -0.25) is 0 Å². The topological polar surface area (TPSA) is 12.0 Å². The van der Waals surface area contributed by atoms with Crippen molar-refractivity contribution in [3.63, 3.8) is 0 Å². The Hall–Kier alpha value is -0.900. The first-order valence-electron chi connectivity index (χ1n) is 7.39. The van der Waals surface area contributed by atoms with Crippen LogP contribution in [0.25, 0.3) is 0 Å². The maximum Gasteiger partial charge on any atom is 0.0289 e. The number of fused-ring (bicyclic) bond motifs is 1. The van der Waals surface area contributed by atoms with Crippen molar-refractivity contribution in [3.05, 3.63) is 59.7 Å². The van der Waals surface area contributed by atoms with E-state index < -0.39 is 0 Å². The molecule has 2 unspecified atom stereocenters. The molecule has 0 aromatic heterocycles. The van der Waals surface area contributed by atoms with Crippen LogP contribution in [0.1, 0.15) is 30.0 Å². The molecule has 0 bridgehead atoms. The number of hydrogen-bond acceptors (Lipinski definition) is 3. The van der Waals surface area contributed by atoms with Crippen LogP contribution in [0.2, 0.25) is 0 Å². The zero-order valence-electron chi connectivity index (χ0n) is 12.5. The zero-order chi connectivity index (χ0) is 14.7. The lowest BCUT2D eigenvalue weighted by Crippen LogP contribution is -2.11. The molecular formula is C18H21NS2. The van der Waals surface area contributed by atoms with Crippen molar-refractivity contribution in [2.75, 3.05) is 18.6 Å². The van der Waals surface area contributed by atoms with Crippen molar-refractivity contribution in [1.82, 2.24) is 5.32 Å². The number of rotatable bonds is 5. The van der Waals surface area contributed by atoms with Crippen LogP contribution in [-0.4, -0.2) is 18.6 Å². The van der Waals surface area contributed by atoms with E-state index >= 15 is 0 Å². The van der Waals surface area contributed by atoms with Crippen molar-refractivity contribution in [1.29, 1.82) is 0 Å². The monoisotopic (exact) mass is 315 g/mol. The van der Waals surface area contributed by atoms with Gasteiger partial charge < -0.3 is 5.32 Å². The molecule has 3 heteroatoms. The normalized spacial score (nSPS) is 18.5. The molecule has 1 aliphatic heterocycles. The third-order valence-corrected chi connectivity index (χ3v) is 6.49. The van der Waals surface area contributed by atoms with E-state index in [1.54, 1.807) is 0 Å². The van der Waals surface area contributed by atoms with Gasteiger partial charge in [-0.2, -0.15) is 0 Å². The molecule has 1 nitrogen and oxygen atoms in total. The first-order valence-corrected chi connectivity index (χ1v) is 9.37. The second kappa shape index (κ2) is 6.91. The molecule has 1 heterocycles. The molecule has 0 radical (unpaired) electrons. The SMILES string of the molecule is CNC(C)c1ccc(SCC2CSc3ccccc32)cc1. The van der Waals surface area contributed by atoms with E-state index in [1.165, 1.54) is 32.4 Å². The molecule has 2 aromatic rings. The Kier molecular flexibility index (Phi) is 4.94. The molecule has 21 heavy (non-hydrogen) atoms. The number of nitrogens with one attached hydrogen (secondary N) is 1. The minimum atomic E-state index is 0.419. The first kappa shape index (κ1) is 15.0. The number of benzene rings is 2. The molecule has 0 fully saturated rings. The second-order valence-electron chi connectivity index (χ2n) is 5.44. The average molecular weight is 316 g/mol. The summed E-state index contributed by atoms with van der Waals surface area (Å²) in [5.74, 6) is 3.08. The smallest absolute Gasteiger partial charge is 0.0289 e. The Morgan fingerprint density at radius 1 is 1.19 bits per heavy atom. The largest absolute Gasteiger partial charge is 0.313 e. The fourth-order valence-electron chi connectivity index (χ4n) is 2.58. The molecule has 1 N–H and O–H groups in total. The van der Waals surface area contributed by atoms with Gasteiger partial charge in [-0.1, -0.05) is 30.3 Å². The molecule has 2 atom stereocenters. The van der Waals surface area contributed by atoms with Crippen molar-refractivity contribution >= 4 is 23.5 Å². The zero-order valence-corrected chi connectivity index (χ0v) is 14.1. The quantitative estimate of drug-likeness (QED) is 0.784. The Bertz CT molecular complexity index is 594. The Morgan fingerprint density at radius 3 is 2.71 bits per heavy atom. The molecule has 0 saturated carbocycles. The van der Waals surface area contributed by atoms with Gasteiger partial charge in [-0.05, 0) is 43.3 Å². The van der Waals surface area contributed by atoms with Gasteiger partial charge in [0, 0.05) is 33.3 Å². The predicted octanol–water partition coefficient (Wildman–Crippen LogP) is 4.95. The van der Waals surface area contributed by atoms with Gasteiger partial charge >= 0.3 is 0 Å². The van der Waals surface area contributed by atoms with E-state index in [9.17, 15) is 0 Å². The van der Waals surface area contributed by atoms with Gasteiger partial charge in [0.1, 0.15) is 0 Å². The summed E-state index contributed by atoms with van der Waals surface area (Å²) in [4.78, 5) is 2.85. The van der Waals surface area contributed by atoms with E-state index in [4.69, 9.17) is 0 Å². The summed E-state index contributed by atoms with van der Waals surface area (Å²) in [5.41, 5.74) is 2.89. The molecule has 2 aromatic carbocycles. The van der Waals surface area contributed by atoms with E-state index in [2.05, 4.69) is 60.8 Å². The molecule has 0 saturated heterocycles. The highest BCUT2D eigenvalue weighted by Gasteiger charge is 2.22. The van der Waals surface area contributed by atoms with Crippen LogP contribution in [0.5, 0.6) is 0 Å². The summed E-state index contributed by atoms with van der Waals surface area (Å²) < 4.78 is 0. The van der Waals surface area contributed by atoms with Crippen LogP contribution in [-0.2, 0) is 0 Å². The van der Waals surface area contributed by atoms with Crippen molar-refractivity contribution in [3.8, 4) is 0 Å². The number of thioether (sulfide) groups is 2. The minimum absolute atomic E-state index is 0.419. The minimum Gasteiger partial charge on any atom is -0.313 e. The van der Waals surface area contributed by atoms with E-state index in [0.29, 0.717) is 12.0 Å². The van der Waals surface area contributed by atoms with Crippen LogP contribution in [0.4, 0.5) is 0 Å². The van der Waals surface area contributed by atoms with Gasteiger partial charge in [-0.25, -0.2) is 0 Å². The maximum absolute atomic E-state index is 3.28. The van der Waals surface area contributed by atoms with E-state index in [1.807, 2.05) is 30.6 Å². The fraction of sp³-hybridized carbons (Fsp3) is 0.333. The van der Waals surface area contributed by atoms with Crippen molar-refractivity contribution < 1.29 is 0 Å². The lowest BCUT2D eigenvalue weighted by atomic mass is 10.0. The predicted molar refractivity (Wildman–Crippen MR) is 94.5 cm³/mol. The van der Waals surface area contributed by atoms with Crippen LogP contribution < -0.4 is 5.32 Å². The Balaban J connectivity index is 1.61. The van der Waals surface area contributed by atoms with E-state index in [0.717, 1.165) is 0 Å². The molecule has 0 spiro atoms. The highest BCUT2D eigenvalue weighted by molar-refractivity contribution is 8.00. The standard InChI is InChI=1S/C18H21NS2/c1-13(19-2)14-7-9-16(10-8-14)20-11-15-12-21-18-6-4-3-5-17(15)18/h3-10,13,15,19H,11-12H2,1-2H3. The summed E-state index contributed by atoms with van der Waals surface area (Å²) in [6.07, 6.45) is 0. The van der Waals surface area contributed by atoms with Gasteiger partial charge in [0.25, 0.3) is 0 Å². The van der Waals surface area contributed by atoms with Gasteiger partial charge in [0.05, 0.1) is 0 Å².